The number of halogens is 1. The summed E-state index contributed by atoms with van der Waals surface area (Å²) in [6.07, 6.45) is 1.38. The van der Waals surface area contributed by atoms with E-state index in [1.54, 1.807) is 0 Å². The van der Waals surface area contributed by atoms with Crippen LogP contribution in [0, 0.1) is 6.92 Å². The van der Waals surface area contributed by atoms with Gasteiger partial charge in [-0.1, -0.05) is 12.1 Å². The summed E-state index contributed by atoms with van der Waals surface area (Å²) in [4.78, 5) is 11.7. The smallest absolute Gasteiger partial charge is 0.256 e. The molecule has 1 aromatic heterocycles. The molecule has 0 aliphatic heterocycles. The van der Waals surface area contributed by atoms with E-state index >= 15 is 0 Å². The molecule has 0 aliphatic rings. The largest absolute Gasteiger partial charge is 0.492 e. The molecule has 1 heterocycles. The van der Waals surface area contributed by atoms with E-state index in [4.69, 9.17) is 20.8 Å². The number of furan rings is 1. The minimum absolute atomic E-state index is 0.0945. The number of amides is 1. The lowest BCUT2D eigenvalue weighted by Gasteiger charge is -2.07. The number of nitrogens with one attached hydrogen (secondary N) is 1. The van der Waals surface area contributed by atoms with E-state index < -0.39 is 0 Å². The molecule has 100 valence electrons. The van der Waals surface area contributed by atoms with Gasteiger partial charge in [0.25, 0.3) is 5.91 Å². The molecule has 2 aromatic rings. The Labute approximate surface area is 116 Å². The van der Waals surface area contributed by atoms with Crippen LogP contribution < -0.4 is 10.1 Å². The van der Waals surface area contributed by atoms with Crippen LogP contribution in [0.3, 0.4) is 0 Å². The number of hydrogen-bond donors (Lipinski definition) is 1. The first-order chi connectivity index (χ1) is 9.16. The van der Waals surface area contributed by atoms with Crippen molar-refractivity contribution >= 4 is 17.5 Å². The molecule has 1 aromatic carbocycles. The van der Waals surface area contributed by atoms with Crippen LogP contribution in [0.2, 0.25) is 5.22 Å². The molecule has 4 nitrogen and oxygen atoms in total. The van der Waals surface area contributed by atoms with Crippen molar-refractivity contribution in [3.63, 3.8) is 0 Å². The monoisotopic (exact) mass is 279 g/mol. The summed E-state index contributed by atoms with van der Waals surface area (Å²) in [5.41, 5.74) is 1.46. The number of hydrogen-bond acceptors (Lipinski definition) is 3. The molecule has 0 unspecified atom stereocenters. The highest BCUT2D eigenvalue weighted by molar-refractivity contribution is 6.32. The fraction of sp³-hybridized carbons (Fsp3) is 0.214. The Morgan fingerprint density at radius 3 is 2.95 bits per heavy atom. The van der Waals surface area contributed by atoms with Gasteiger partial charge >= 0.3 is 0 Å². The first kappa shape index (κ1) is 13.5. The average molecular weight is 280 g/mol. The average Bonchev–Trinajstić information content (AvgIpc) is 2.81. The number of ether oxygens (including phenoxy) is 1. The van der Waals surface area contributed by atoms with E-state index in [1.807, 2.05) is 31.2 Å². The Morgan fingerprint density at radius 2 is 2.26 bits per heavy atom. The van der Waals surface area contributed by atoms with Crippen molar-refractivity contribution in [3.8, 4) is 5.75 Å². The molecule has 0 aliphatic carbocycles. The lowest BCUT2D eigenvalue weighted by atomic mass is 10.2. The number of aryl methyl sites for hydroxylation is 1. The highest BCUT2D eigenvalue weighted by Crippen LogP contribution is 2.16. The molecule has 1 N–H and O–H groups in total. The van der Waals surface area contributed by atoms with Crippen molar-refractivity contribution < 1.29 is 13.9 Å². The summed E-state index contributed by atoms with van der Waals surface area (Å²) in [6, 6.07) is 9.26. The van der Waals surface area contributed by atoms with Crippen molar-refractivity contribution in [1.29, 1.82) is 0 Å². The van der Waals surface area contributed by atoms with E-state index in [1.165, 1.54) is 12.3 Å². The van der Waals surface area contributed by atoms with Gasteiger partial charge in [-0.15, -0.1) is 0 Å². The number of benzene rings is 1. The highest BCUT2D eigenvalue weighted by atomic mass is 35.5. The first-order valence-corrected chi connectivity index (χ1v) is 6.25. The lowest BCUT2D eigenvalue weighted by Crippen LogP contribution is -2.27. The number of carbonyl (C=O) groups excluding carboxylic acids is 1. The zero-order valence-corrected chi connectivity index (χ0v) is 11.2. The zero-order valence-electron chi connectivity index (χ0n) is 10.5. The Hall–Kier alpha value is -1.94. The van der Waals surface area contributed by atoms with Crippen molar-refractivity contribution in [2.24, 2.45) is 0 Å². The van der Waals surface area contributed by atoms with Crippen LogP contribution in [-0.2, 0) is 0 Å². The van der Waals surface area contributed by atoms with Crippen LogP contribution in [0.1, 0.15) is 15.9 Å². The summed E-state index contributed by atoms with van der Waals surface area (Å²) in [5.74, 6) is 0.516. The molecular formula is C14H14ClNO3. The normalized spacial score (nSPS) is 10.2. The van der Waals surface area contributed by atoms with Gasteiger partial charge in [0.2, 0.25) is 5.22 Å². The summed E-state index contributed by atoms with van der Waals surface area (Å²) in [5, 5.41) is 2.80. The fourth-order valence-electron chi connectivity index (χ4n) is 1.59. The standard InChI is InChI=1S/C14H14ClNO3/c1-10-3-2-4-11(9-10)18-8-6-16-14(17)12-5-7-19-13(12)15/h2-5,7,9H,6,8H2,1H3,(H,16,17). The van der Waals surface area contributed by atoms with Gasteiger partial charge in [-0.2, -0.15) is 0 Å². The summed E-state index contributed by atoms with van der Waals surface area (Å²) >= 11 is 5.70. The minimum Gasteiger partial charge on any atom is -0.492 e. The third-order valence-corrected chi connectivity index (χ3v) is 2.80. The van der Waals surface area contributed by atoms with Gasteiger partial charge in [-0.3, -0.25) is 4.79 Å². The van der Waals surface area contributed by atoms with Crippen LogP contribution >= 0.6 is 11.6 Å². The molecule has 0 radical (unpaired) electrons. The SMILES string of the molecule is Cc1cccc(OCCNC(=O)c2ccoc2Cl)c1. The number of rotatable bonds is 5. The van der Waals surface area contributed by atoms with E-state index in [9.17, 15) is 4.79 Å². The van der Waals surface area contributed by atoms with Gasteiger partial charge in [0.1, 0.15) is 12.4 Å². The molecule has 0 atom stereocenters. The topological polar surface area (TPSA) is 51.5 Å². The van der Waals surface area contributed by atoms with E-state index in [-0.39, 0.29) is 11.1 Å². The summed E-state index contributed by atoms with van der Waals surface area (Å²) in [6.45, 7) is 2.79. The molecular weight excluding hydrogens is 266 g/mol. The maximum atomic E-state index is 11.7. The van der Waals surface area contributed by atoms with Crippen molar-refractivity contribution in [3.05, 3.63) is 52.9 Å². The Balaban J connectivity index is 1.75. The van der Waals surface area contributed by atoms with Crippen molar-refractivity contribution in [1.82, 2.24) is 5.32 Å². The molecule has 1 amide bonds. The Morgan fingerprint density at radius 1 is 1.42 bits per heavy atom. The predicted molar refractivity (Wildman–Crippen MR) is 72.7 cm³/mol. The molecule has 2 rings (SSSR count). The lowest BCUT2D eigenvalue weighted by molar-refractivity contribution is 0.0946. The van der Waals surface area contributed by atoms with Crippen LogP contribution in [0.25, 0.3) is 0 Å². The maximum Gasteiger partial charge on any atom is 0.256 e. The highest BCUT2D eigenvalue weighted by Gasteiger charge is 2.11. The molecule has 0 fully saturated rings. The van der Waals surface area contributed by atoms with Gasteiger partial charge < -0.3 is 14.5 Å². The quantitative estimate of drug-likeness (QED) is 0.856. The molecule has 5 heteroatoms. The third kappa shape index (κ3) is 3.76. The fourth-order valence-corrected chi connectivity index (χ4v) is 1.79. The van der Waals surface area contributed by atoms with Gasteiger partial charge in [0, 0.05) is 0 Å². The van der Waals surface area contributed by atoms with Crippen LogP contribution in [0.15, 0.2) is 41.0 Å². The Bertz CT molecular complexity index is 565. The second kappa shape index (κ2) is 6.29. The maximum absolute atomic E-state index is 11.7. The molecule has 19 heavy (non-hydrogen) atoms. The molecule has 0 bridgehead atoms. The summed E-state index contributed by atoms with van der Waals surface area (Å²) in [7, 11) is 0. The second-order valence-electron chi connectivity index (χ2n) is 4.03. The summed E-state index contributed by atoms with van der Waals surface area (Å²) < 4.78 is 10.4. The van der Waals surface area contributed by atoms with Crippen molar-refractivity contribution in [2.45, 2.75) is 6.92 Å². The zero-order chi connectivity index (χ0) is 13.7. The number of carbonyl (C=O) groups is 1. The molecule has 0 spiro atoms. The van der Waals surface area contributed by atoms with Crippen LogP contribution in [-0.4, -0.2) is 19.1 Å². The Kier molecular flexibility index (Phi) is 4.47. The van der Waals surface area contributed by atoms with E-state index in [2.05, 4.69) is 5.32 Å². The van der Waals surface area contributed by atoms with E-state index in [0.717, 1.165) is 11.3 Å². The van der Waals surface area contributed by atoms with Gasteiger partial charge in [-0.05, 0) is 42.3 Å². The van der Waals surface area contributed by atoms with E-state index in [0.29, 0.717) is 18.7 Å². The van der Waals surface area contributed by atoms with Gasteiger partial charge in [-0.25, -0.2) is 0 Å². The minimum atomic E-state index is -0.272. The molecule has 0 saturated carbocycles. The predicted octanol–water partition coefficient (Wildman–Crippen LogP) is 3.05. The molecule has 0 saturated heterocycles. The van der Waals surface area contributed by atoms with Gasteiger partial charge in [0.15, 0.2) is 0 Å². The first-order valence-electron chi connectivity index (χ1n) is 5.87. The third-order valence-electron chi connectivity index (χ3n) is 2.51. The van der Waals surface area contributed by atoms with Gasteiger partial charge in [0.05, 0.1) is 18.4 Å². The second-order valence-corrected chi connectivity index (χ2v) is 4.37. The van der Waals surface area contributed by atoms with Crippen LogP contribution in [0.4, 0.5) is 0 Å². The van der Waals surface area contributed by atoms with Crippen LogP contribution in [0.5, 0.6) is 5.75 Å². The van der Waals surface area contributed by atoms with Crippen molar-refractivity contribution in [2.75, 3.05) is 13.2 Å².